The van der Waals surface area contributed by atoms with Gasteiger partial charge in [0.25, 0.3) is 0 Å². The first kappa shape index (κ1) is 20.4. The van der Waals surface area contributed by atoms with Crippen molar-refractivity contribution in [3.8, 4) is 5.75 Å². The van der Waals surface area contributed by atoms with Crippen LogP contribution in [0.15, 0.2) is 18.2 Å². The number of nitrogens with zero attached hydrogens (tertiary/aromatic N) is 2. The number of halogens is 1. The van der Waals surface area contributed by atoms with Crippen molar-refractivity contribution < 1.29 is 19.1 Å². The monoisotopic (exact) mass is 408 g/mol. The molecule has 1 heterocycles. The number of carbonyl (C=O) groups excluding carboxylic acids is 3. The summed E-state index contributed by atoms with van der Waals surface area (Å²) < 4.78 is 5.22. The second kappa shape index (κ2) is 9.25. The molecule has 2 fully saturated rings. The molecule has 1 aliphatic heterocycles. The summed E-state index contributed by atoms with van der Waals surface area (Å²) in [5.74, 6) is -0.555. The highest BCUT2D eigenvalue weighted by molar-refractivity contribution is 6.35. The molecule has 28 heavy (non-hydrogen) atoms. The summed E-state index contributed by atoms with van der Waals surface area (Å²) in [4.78, 5) is 39.9. The number of rotatable bonds is 6. The van der Waals surface area contributed by atoms with Crippen molar-refractivity contribution in [3.05, 3.63) is 23.2 Å². The number of benzene rings is 1. The largest absolute Gasteiger partial charge is 0.495 e. The Labute approximate surface area is 169 Å². The van der Waals surface area contributed by atoms with Crippen molar-refractivity contribution in [2.75, 3.05) is 45.2 Å². The van der Waals surface area contributed by atoms with Crippen LogP contribution in [0.5, 0.6) is 5.75 Å². The highest BCUT2D eigenvalue weighted by Crippen LogP contribution is 2.27. The van der Waals surface area contributed by atoms with Crippen LogP contribution in [-0.4, -0.2) is 73.4 Å². The molecule has 8 nitrogen and oxygen atoms in total. The Kier molecular flexibility index (Phi) is 6.74. The number of ether oxygens (including phenoxy) is 1. The van der Waals surface area contributed by atoms with Crippen LogP contribution in [0, 0.1) is 0 Å². The summed E-state index contributed by atoms with van der Waals surface area (Å²) in [7, 11) is 1.53. The maximum absolute atomic E-state index is 12.3. The summed E-state index contributed by atoms with van der Waals surface area (Å²) in [5.41, 5.74) is 0.539. The molecule has 0 aromatic heterocycles. The molecule has 2 aliphatic rings. The summed E-state index contributed by atoms with van der Waals surface area (Å²) in [6.07, 6.45) is 2.22. The van der Waals surface area contributed by atoms with Gasteiger partial charge in [0.05, 0.1) is 12.8 Å². The fourth-order valence-corrected chi connectivity index (χ4v) is 3.22. The van der Waals surface area contributed by atoms with Gasteiger partial charge in [-0.15, -0.1) is 0 Å². The van der Waals surface area contributed by atoms with E-state index in [0.29, 0.717) is 55.6 Å². The molecule has 0 spiro atoms. The van der Waals surface area contributed by atoms with Crippen LogP contribution in [-0.2, 0) is 14.4 Å². The fraction of sp³-hybridized carbons (Fsp3) is 0.526. The van der Waals surface area contributed by atoms with Crippen LogP contribution in [0.1, 0.15) is 19.3 Å². The lowest BCUT2D eigenvalue weighted by molar-refractivity contribution is -0.147. The molecular weight excluding hydrogens is 384 g/mol. The average Bonchev–Trinajstić information content (AvgIpc) is 3.50. The van der Waals surface area contributed by atoms with E-state index in [0.717, 1.165) is 12.8 Å². The highest BCUT2D eigenvalue weighted by Gasteiger charge is 2.30. The Morgan fingerprint density at radius 3 is 2.54 bits per heavy atom. The number of hydrogen-bond acceptors (Lipinski definition) is 5. The minimum Gasteiger partial charge on any atom is -0.495 e. The molecule has 3 rings (SSSR count). The molecule has 1 saturated heterocycles. The molecule has 2 N–H and O–H groups in total. The molecule has 152 valence electrons. The third kappa shape index (κ3) is 5.59. The van der Waals surface area contributed by atoms with Gasteiger partial charge in [-0.05, 0) is 31.0 Å². The molecular formula is C19H25ClN4O4. The quantitative estimate of drug-likeness (QED) is 0.688. The molecule has 1 aromatic rings. The van der Waals surface area contributed by atoms with Crippen molar-refractivity contribution in [3.63, 3.8) is 0 Å². The van der Waals surface area contributed by atoms with E-state index in [-0.39, 0.29) is 11.9 Å². The zero-order chi connectivity index (χ0) is 20.1. The zero-order valence-corrected chi connectivity index (χ0v) is 16.6. The van der Waals surface area contributed by atoms with E-state index in [2.05, 4.69) is 15.5 Å². The number of methoxy groups -OCH3 is 1. The summed E-state index contributed by atoms with van der Waals surface area (Å²) in [6.45, 7) is 2.82. The number of anilines is 1. The van der Waals surface area contributed by atoms with Crippen molar-refractivity contribution in [1.82, 2.24) is 15.1 Å². The third-order valence-corrected chi connectivity index (χ3v) is 5.09. The summed E-state index contributed by atoms with van der Waals surface area (Å²) >= 11 is 5.97. The molecule has 0 radical (unpaired) electrons. The van der Waals surface area contributed by atoms with E-state index in [1.807, 2.05) is 0 Å². The van der Waals surface area contributed by atoms with Gasteiger partial charge in [0, 0.05) is 50.2 Å². The van der Waals surface area contributed by atoms with Crippen LogP contribution < -0.4 is 15.4 Å². The van der Waals surface area contributed by atoms with E-state index in [1.54, 1.807) is 23.1 Å². The van der Waals surface area contributed by atoms with Gasteiger partial charge in [0.15, 0.2) is 0 Å². The Morgan fingerprint density at radius 1 is 1.18 bits per heavy atom. The van der Waals surface area contributed by atoms with Gasteiger partial charge in [0.1, 0.15) is 5.75 Å². The van der Waals surface area contributed by atoms with Gasteiger partial charge in [-0.3, -0.25) is 19.3 Å². The Hall–Kier alpha value is -2.32. The van der Waals surface area contributed by atoms with E-state index in [4.69, 9.17) is 16.3 Å². The highest BCUT2D eigenvalue weighted by atomic mass is 35.5. The molecule has 3 amide bonds. The lowest BCUT2D eigenvalue weighted by Gasteiger charge is -2.34. The first-order valence-electron chi connectivity index (χ1n) is 9.42. The number of amides is 3. The number of piperazine rings is 1. The lowest BCUT2D eigenvalue weighted by Crippen LogP contribution is -2.53. The summed E-state index contributed by atoms with van der Waals surface area (Å²) in [6, 6.07) is 5.22. The van der Waals surface area contributed by atoms with Crippen molar-refractivity contribution in [1.29, 1.82) is 0 Å². The molecule has 0 unspecified atom stereocenters. The molecule has 0 bridgehead atoms. The van der Waals surface area contributed by atoms with Gasteiger partial charge < -0.3 is 20.3 Å². The topological polar surface area (TPSA) is 91.0 Å². The van der Waals surface area contributed by atoms with E-state index < -0.39 is 11.8 Å². The summed E-state index contributed by atoms with van der Waals surface area (Å²) in [5, 5.41) is 6.05. The molecule has 1 aliphatic carbocycles. The van der Waals surface area contributed by atoms with Crippen LogP contribution in [0.25, 0.3) is 0 Å². The second-order valence-corrected chi connectivity index (χ2v) is 7.46. The molecule has 1 saturated carbocycles. The smallest absolute Gasteiger partial charge is 0.311 e. The standard InChI is InChI=1S/C19H25ClN4O4/c1-28-16-5-2-13(20)12-15(16)22-17(25)6-7-23-8-10-24(11-9-23)19(27)18(26)21-14-3-4-14/h2,5,12,14H,3-4,6-11H2,1H3,(H,21,26)(H,22,25). The Balaban J connectivity index is 1.40. The maximum Gasteiger partial charge on any atom is 0.311 e. The van der Waals surface area contributed by atoms with Crippen LogP contribution in [0.4, 0.5) is 5.69 Å². The Bertz CT molecular complexity index is 745. The van der Waals surface area contributed by atoms with Gasteiger partial charge in [0.2, 0.25) is 5.91 Å². The normalized spacial score (nSPS) is 17.1. The van der Waals surface area contributed by atoms with Crippen molar-refractivity contribution in [2.24, 2.45) is 0 Å². The van der Waals surface area contributed by atoms with Gasteiger partial charge in [-0.1, -0.05) is 11.6 Å². The van der Waals surface area contributed by atoms with Gasteiger partial charge in [-0.25, -0.2) is 0 Å². The van der Waals surface area contributed by atoms with E-state index >= 15 is 0 Å². The lowest BCUT2D eigenvalue weighted by atomic mass is 10.2. The van der Waals surface area contributed by atoms with Crippen molar-refractivity contribution >= 4 is 35.0 Å². The molecule has 1 aromatic carbocycles. The third-order valence-electron chi connectivity index (χ3n) is 4.86. The van der Waals surface area contributed by atoms with E-state index in [1.165, 1.54) is 7.11 Å². The number of hydrogen-bond donors (Lipinski definition) is 2. The van der Waals surface area contributed by atoms with Gasteiger partial charge in [-0.2, -0.15) is 0 Å². The van der Waals surface area contributed by atoms with Crippen LogP contribution in [0.2, 0.25) is 5.02 Å². The van der Waals surface area contributed by atoms with Crippen LogP contribution >= 0.6 is 11.6 Å². The predicted octanol–water partition coefficient (Wildman–Crippen LogP) is 1.10. The maximum atomic E-state index is 12.3. The predicted molar refractivity (Wildman–Crippen MR) is 105 cm³/mol. The number of nitrogens with one attached hydrogen (secondary N) is 2. The Morgan fingerprint density at radius 2 is 1.89 bits per heavy atom. The van der Waals surface area contributed by atoms with Gasteiger partial charge >= 0.3 is 11.8 Å². The van der Waals surface area contributed by atoms with Crippen LogP contribution in [0.3, 0.4) is 0 Å². The fourth-order valence-electron chi connectivity index (χ4n) is 3.04. The van der Waals surface area contributed by atoms with Crippen molar-refractivity contribution in [2.45, 2.75) is 25.3 Å². The first-order valence-corrected chi connectivity index (χ1v) is 9.79. The minimum absolute atomic E-state index is 0.136. The molecule has 9 heteroatoms. The SMILES string of the molecule is COc1ccc(Cl)cc1NC(=O)CCN1CCN(C(=O)C(=O)NC2CC2)CC1. The van der Waals surface area contributed by atoms with E-state index in [9.17, 15) is 14.4 Å². The minimum atomic E-state index is -0.509. The zero-order valence-electron chi connectivity index (χ0n) is 15.9. The average molecular weight is 409 g/mol. The molecule has 0 atom stereocenters. The number of carbonyl (C=O) groups is 3. The second-order valence-electron chi connectivity index (χ2n) is 7.02. The first-order chi connectivity index (χ1) is 13.5.